The first-order valence-corrected chi connectivity index (χ1v) is 7.88. The summed E-state index contributed by atoms with van der Waals surface area (Å²) >= 11 is 0. The highest BCUT2D eigenvalue weighted by molar-refractivity contribution is 5.85. The van der Waals surface area contributed by atoms with Gasteiger partial charge in [-0.2, -0.15) is 5.10 Å². The Balaban J connectivity index is 1.56. The van der Waals surface area contributed by atoms with Crippen molar-refractivity contribution in [2.45, 2.75) is 45.6 Å². The van der Waals surface area contributed by atoms with Crippen LogP contribution < -0.4 is 0 Å². The number of aromatic carboxylic acids is 1. The van der Waals surface area contributed by atoms with Gasteiger partial charge in [-0.3, -0.25) is 4.68 Å². The topological polar surface area (TPSA) is 55.1 Å². The number of aromatic nitrogens is 2. The van der Waals surface area contributed by atoms with Gasteiger partial charge in [0.25, 0.3) is 0 Å². The Morgan fingerprint density at radius 3 is 2.35 bits per heavy atom. The van der Waals surface area contributed by atoms with Gasteiger partial charge in [-0.25, -0.2) is 4.79 Å². The van der Waals surface area contributed by atoms with Crippen molar-refractivity contribution in [1.29, 1.82) is 0 Å². The summed E-state index contributed by atoms with van der Waals surface area (Å²) in [6, 6.07) is 1.69. The number of hydrogen-bond donors (Lipinski definition) is 1. The van der Waals surface area contributed by atoms with Gasteiger partial charge in [0, 0.05) is 12.2 Å². The van der Waals surface area contributed by atoms with Gasteiger partial charge >= 0.3 is 5.97 Å². The first kappa shape index (κ1) is 12.4. The second-order valence-electron chi connectivity index (χ2n) is 7.25. The van der Waals surface area contributed by atoms with E-state index in [1.807, 2.05) is 11.6 Å². The van der Waals surface area contributed by atoms with Crippen molar-refractivity contribution in [1.82, 2.24) is 9.78 Å². The molecule has 0 amide bonds. The number of carboxylic acids is 1. The van der Waals surface area contributed by atoms with Gasteiger partial charge in [-0.15, -0.1) is 0 Å². The van der Waals surface area contributed by atoms with Gasteiger partial charge in [-0.05, 0) is 74.7 Å². The molecule has 0 atom stereocenters. The van der Waals surface area contributed by atoms with Gasteiger partial charge < -0.3 is 5.11 Å². The molecule has 4 aliphatic carbocycles. The second kappa shape index (κ2) is 4.34. The summed E-state index contributed by atoms with van der Waals surface area (Å²) in [5, 5.41) is 13.3. The van der Waals surface area contributed by atoms with E-state index < -0.39 is 5.97 Å². The van der Waals surface area contributed by atoms with E-state index in [-0.39, 0.29) is 5.69 Å². The fourth-order valence-electron chi connectivity index (χ4n) is 5.34. The number of carbonyl (C=O) groups is 1. The highest BCUT2D eigenvalue weighted by atomic mass is 16.4. The zero-order chi connectivity index (χ0) is 13.9. The van der Waals surface area contributed by atoms with Crippen molar-refractivity contribution in [3.05, 3.63) is 17.5 Å². The van der Waals surface area contributed by atoms with Crippen LogP contribution in [0.2, 0.25) is 0 Å². The SMILES string of the molecule is Cc1cc(C(=O)O)nn1CC1C2CC3CC(C2)CC1C3. The number of carboxylic acid groups (broad SMARTS) is 1. The van der Waals surface area contributed by atoms with Crippen molar-refractivity contribution in [2.24, 2.45) is 29.6 Å². The van der Waals surface area contributed by atoms with Crippen LogP contribution in [-0.4, -0.2) is 20.9 Å². The van der Waals surface area contributed by atoms with Crippen LogP contribution in [0, 0.1) is 36.5 Å². The standard InChI is InChI=1S/C16H22N2O2/c1-9-2-15(16(19)20)17-18(9)8-14-12-4-10-3-11(6-12)7-13(14)5-10/h2,10-14H,3-8H2,1H3,(H,19,20). The summed E-state index contributed by atoms with van der Waals surface area (Å²) in [5.74, 6) is 3.51. The summed E-state index contributed by atoms with van der Waals surface area (Å²) < 4.78 is 1.94. The first-order valence-electron chi connectivity index (χ1n) is 7.88. The second-order valence-corrected chi connectivity index (χ2v) is 7.25. The molecule has 0 saturated heterocycles. The van der Waals surface area contributed by atoms with Gasteiger partial charge in [0.15, 0.2) is 5.69 Å². The van der Waals surface area contributed by atoms with Crippen LogP contribution >= 0.6 is 0 Å². The molecule has 4 bridgehead atoms. The van der Waals surface area contributed by atoms with E-state index >= 15 is 0 Å². The minimum atomic E-state index is -0.920. The van der Waals surface area contributed by atoms with E-state index in [4.69, 9.17) is 5.11 Å². The van der Waals surface area contributed by atoms with E-state index in [0.29, 0.717) is 0 Å². The van der Waals surface area contributed by atoms with Crippen LogP contribution in [-0.2, 0) is 6.54 Å². The van der Waals surface area contributed by atoms with Crippen LogP contribution in [0.5, 0.6) is 0 Å². The Morgan fingerprint density at radius 1 is 1.25 bits per heavy atom. The Morgan fingerprint density at radius 2 is 1.85 bits per heavy atom. The summed E-state index contributed by atoms with van der Waals surface area (Å²) in [7, 11) is 0. The predicted octanol–water partition coefficient (Wildman–Crippen LogP) is 2.96. The molecule has 0 aromatic carbocycles. The average Bonchev–Trinajstić information content (AvgIpc) is 2.74. The van der Waals surface area contributed by atoms with E-state index in [9.17, 15) is 4.79 Å². The number of aryl methyl sites for hydroxylation is 1. The zero-order valence-electron chi connectivity index (χ0n) is 12.0. The number of rotatable bonds is 3. The van der Waals surface area contributed by atoms with Crippen molar-refractivity contribution in [3.8, 4) is 0 Å². The van der Waals surface area contributed by atoms with Crippen LogP contribution in [0.15, 0.2) is 6.07 Å². The average molecular weight is 274 g/mol. The summed E-state index contributed by atoms with van der Waals surface area (Å²) in [4.78, 5) is 11.0. The molecular formula is C16H22N2O2. The number of hydrogen-bond acceptors (Lipinski definition) is 2. The maximum atomic E-state index is 11.0. The van der Waals surface area contributed by atoms with Gasteiger partial charge in [0.2, 0.25) is 0 Å². The molecule has 4 nitrogen and oxygen atoms in total. The van der Waals surface area contributed by atoms with Gasteiger partial charge in [0.1, 0.15) is 0 Å². The normalized spacial score (nSPS) is 38.4. The maximum Gasteiger partial charge on any atom is 0.356 e. The molecular weight excluding hydrogens is 252 g/mol. The predicted molar refractivity (Wildman–Crippen MR) is 74.5 cm³/mol. The number of nitrogens with zero attached hydrogens (tertiary/aromatic N) is 2. The third kappa shape index (κ3) is 1.88. The Labute approximate surface area is 119 Å². The van der Waals surface area contributed by atoms with Crippen molar-refractivity contribution >= 4 is 5.97 Å². The molecule has 0 unspecified atom stereocenters. The largest absolute Gasteiger partial charge is 0.476 e. The highest BCUT2D eigenvalue weighted by Crippen LogP contribution is 2.56. The third-order valence-corrected chi connectivity index (χ3v) is 6.01. The van der Waals surface area contributed by atoms with Crippen LogP contribution in [0.1, 0.15) is 48.3 Å². The van der Waals surface area contributed by atoms with Crippen LogP contribution in [0.4, 0.5) is 0 Å². The lowest BCUT2D eigenvalue weighted by Gasteiger charge is -2.54. The first-order chi connectivity index (χ1) is 9.60. The molecule has 4 aliphatic rings. The molecule has 1 heterocycles. The van der Waals surface area contributed by atoms with Crippen molar-refractivity contribution in [3.63, 3.8) is 0 Å². The summed E-state index contributed by atoms with van der Waals surface area (Å²) in [6.45, 7) is 2.89. The van der Waals surface area contributed by atoms with Gasteiger partial charge in [0.05, 0.1) is 0 Å². The molecule has 0 aliphatic heterocycles. The monoisotopic (exact) mass is 274 g/mol. The molecule has 4 heteroatoms. The molecule has 1 N–H and O–H groups in total. The molecule has 20 heavy (non-hydrogen) atoms. The molecule has 4 fully saturated rings. The molecule has 4 saturated carbocycles. The molecule has 1 aromatic rings. The summed E-state index contributed by atoms with van der Waals surface area (Å²) in [5.41, 5.74) is 1.17. The minimum absolute atomic E-state index is 0.186. The van der Waals surface area contributed by atoms with Crippen LogP contribution in [0.3, 0.4) is 0 Å². The summed E-state index contributed by atoms with van der Waals surface area (Å²) in [6.07, 6.45) is 7.10. The van der Waals surface area contributed by atoms with E-state index in [0.717, 1.165) is 41.8 Å². The Kier molecular flexibility index (Phi) is 2.69. The lowest BCUT2D eigenvalue weighted by Crippen LogP contribution is -2.46. The Hall–Kier alpha value is -1.32. The van der Waals surface area contributed by atoms with Crippen LogP contribution in [0.25, 0.3) is 0 Å². The minimum Gasteiger partial charge on any atom is -0.476 e. The zero-order valence-corrected chi connectivity index (χ0v) is 12.0. The highest BCUT2D eigenvalue weighted by Gasteiger charge is 2.48. The molecule has 1 aromatic heterocycles. The van der Waals surface area contributed by atoms with Gasteiger partial charge in [-0.1, -0.05) is 0 Å². The molecule has 108 valence electrons. The van der Waals surface area contributed by atoms with E-state index in [1.165, 1.54) is 32.1 Å². The molecule has 5 rings (SSSR count). The third-order valence-electron chi connectivity index (χ3n) is 6.01. The van der Waals surface area contributed by atoms with E-state index in [1.54, 1.807) is 6.07 Å². The van der Waals surface area contributed by atoms with E-state index in [2.05, 4.69) is 5.10 Å². The fourth-order valence-corrected chi connectivity index (χ4v) is 5.34. The fraction of sp³-hybridized carbons (Fsp3) is 0.750. The lowest BCUT2D eigenvalue weighted by atomic mass is 9.52. The maximum absolute atomic E-state index is 11.0. The van der Waals surface area contributed by atoms with Crippen molar-refractivity contribution in [2.75, 3.05) is 0 Å². The van der Waals surface area contributed by atoms with Crippen molar-refractivity contribution < 1.29 is 9.90 Å². The quantitative estimate of drug-likeness (QED) is 0.922. The smallest absolute Gasteiger partial charge is 0.356 e. The molecule has 0 radical (unpaired) electrons. The molecule has 0 spiro atoms. The lowest BCUT2D eigenvalue weighted by molar-refractivity contribution is -0.0444. The Bertz CT molecular complexity index is 521.